The van der Waals surface area contributed by atoms with E-state index in [1.165, 1.54) is 24.0 Å². The fourth-order valence-electron chi connectivity index (χ4n) is 4.14. The zero-order valence-electron chi connectivity index (χ0n) is 18.2. The Bertz CT molecular complexity index is 917. The zero-order valence-corrected chi connectivity index (χ0v) is 18.2. The average molecular weight is 393 g/mol. The lowest BCUT2D eigenvalue weighted by molar-refractivity contribution is 0.0697. The van der Waals surface area contributed by atoms with Crippen molar-refractivity contribution in [3.05, 3.63) is 70.3 Å². The highest BCUT2D eigenvalue weighted by atomic mass is 16.5. The van der Waals surface area contributed by atoms with Crippen LogP contribution in [-0.4, -0.2) is 24.3 Å². The molecule has 0 aromatic heterocycles. The number of aromatic carboxylic acids is 1. The Balaban J connectivity index is 2.03. The number of carboxylic acids is 1. The van der Waals surface area contributed by atoms with E-state index in [0.717, 1.165) is 16.7 Å². The summed E-state index contributed by atoms with van der Waals surface area (Å²) in [6.07, 6.45) is 4.56. The van der Waals surface area contributed by atoms with Crippen molar-refractivity contribution in [1.29, 1.82) is 0 Å². The van der Waals surface area contributed by atoms with E-state index in [1.54, 1.807) is 12.1 Å². The molecule has 3 rings (SSSR count). The lowest BCUT2D eigenvalue weighted by atomic mass is 9.63. The van der Waals surface area contributed by atoms with E-state index < -0.39 is 5.97 Å². The average Bonchev–Trinajstić information content (AvgIpc) is 2.69. The van der Waals surface area contributed by atoms with Crippen molar-refractivity contribution in [2.24, 2.45) is 0 Å². The second-order valence-electron chi connectivity index (χ2n) is 9.26. The minimum Gasteiger partial charge on any atom is -0.478 e. The van der Waals surface area contributed by atoms with Crippen molar-refractivity contribution < 1.29 is 14.6 Å². The van der Waals surface area contributed by atoms with Crippen molar-refractivity contribution in [2.45, 2.75) is 58.3 Å². The van der Waals surface area contributed by atoms with E-state index in [1.807, 2.05) is 19.1 Å². The molecule has 0 radical (unpaired) electrons. The first kappa shape index (κ1) is 21.3. The quantitative estimate of drug-likeness (QED) is 0.586. The molecule has 0 spiro atoms. The number of fused-ring (bicyclic) bond motifs is 1. The van der Waals surface area contributed by atoms with Gasteiger partial charge in [-0.3, -0.25) is 0 Å². The number of hydrogen-bond donors (Lipinski definition) is 1. The van der Waals surface area contributed by atoms with Crippen LogP contribution in [0.1, 0.15) is 80.1 Å². The van der Waals surface area contributed by atoms with Gasteiger partial charge in [0.05, 0.1) is 12.2 Å². The number of carboxylic acid groups (broad SMARTS) is 1. The molecule has 0 bridgehead atoms. The van der Waals surface area contributed by atoms with Gasteiger partial charge in [-0.2, -0.15) is 0 Å². The molecule has 0 unspecified atom stereocenters. The smallest absolute Gasteiger partial charge is 0.335 e. The van der Waals surface area contributed by atoms with Gasteiger partial charge in [0.1, 0.15) is 0 Å². The molecule has 1 aliphatic rings. The normalized spacial score (nSPS) is 17.6. The third-order valence-electron chi connectivity index (χ3n) is 6.18. The maximum Gasteiger partial charge on any atom is 0.335 e. The maximum atomic E-state index is 11.2. The molecule has 0 saturated heterocycles. The molecule has 29 heavy (non-hydrogen) atoms. The van der Waals surface area contributed by atoms with Gasteiger partial charge in [-0.1, -0.05) is 58.0 Å². The number of carbonyl (C=O) groups is 1. The number of hydrogen-bond acceptors (Lipinski definition) is 2. The lowest BCUT2D eigenvalue weighted by Crippen LogP contribution is -2.33. The molecule has 0 amide bonds. The molecule has 0 aliphatic heterocycles. The minimum absolute atomic E-state index is 0.165. The van der Waals surface area contributed by atoms with Gasteiger partial charge < -0.3 is 9.84 Å². The molecule has 2 aromatic carbocycles. The predicted molar refractivity (Wildman–Crippen MR) is 119 cm³/mol. The van der Waals surface area contributed by atoms with Crippen molar-refractivity contribution in [3.63, 3.8) is 0 Å². The molecule has 0 atom stereocenters. The molecular weight excluding hydrogens is 360 g/mol. The van der Waals surface area contributed by atoms with Gasteiger partial charge in [0.25, 0.3) is 0 Å². The Morgan fingerprint density at radius 1 is 0.966 bits per heavy atom. The van der Waals surface area contributed by atoms with Crippen LogP contribution >= 0.6 is 0 Å². The van der Waals surface area contributed by atoms with Crippen LogP contribution in [0.3, 0.4) is 0 Å². The topological polar surface area (TPSA) is 46.5 Å². The highest BCUT2D eigenvalue weighted by molar-refractivity contribution is 5.89. The SMILES string of the molecule is CCOC/C(=C\c1ccc2c(c1)C(C)(C)CCC2(C)C)c1ccc(C(=O)O)cc1. The molecule has 3 heteroatoms. The van der Waals surface area contributed by atoms with E-state index in [-0.39, 0.29) is 10.8 Å². The van der Waals surface area contributed by atoms with Crippen LogP contribution < -0.4 is 0 Å². The summed E-state index contributed by atoms with van der Waals surface area (Å²) in [5.41, 5.74) is 6.74. The van der Waals surface area contributed by atoms with Gasteiger partial charge in [0, 0.05) is 6.61 Å². The van der Waals surface area contributed by atoms with E-state index in [4.69, 9.17) is 9.84 Å². The first-order valence-corrected chi connectivity index (χ1v) is 10.4. The Labute approximate surface area is 174 Å². The van der Waals surface area contributed by atoms with Gasteiger partial charge in [-0.05, 0) is 76.6 Å². The first-order chi connectivity index (χ1) is 13.6. The maximum absolute atomic E-state index is 11.2. The van der Waals surface area contributed by atoms with Crippen molar-refractivity contribution in [3.8, 4) is 0 Å². The highest BCUT2D eigenvalue weighted by Crippen LogP contribution is 2.46. The predicted octanol–water partition coefficient (Wildman–Crippen LogP) is 6.31. The van der Waals surface area contributed by atoms with Gasteiger partial charge in [-0.25, -0.2) is 4.79 Å². The van der Waals surface area contributed by atoms with Crippen LogP contribution in [0.25, 0.3) is 11.6 Å². The van der Waals surface area contributed by atoms with E-state index in [2.05, 4.69) is 52.0 Å². The number of ether oxygens (including phenoxy) is 1. The van der Waals surface area contributed by atoms with Crippen LogP contribution in [0, 0.1) is 0 Å². The van der Waals surface area contributed by atoms with Crippen molar-refractivity contribution in [2.75, 3.05) is 13.2 Å². The van der Waals surface area contributed by atoms with Crippen molar-refractivity contribution >= 4 is 17.6 Å². The molecule has 0 fully saturated rings. The Kier molecular flexibility index (Phi) is 6.00. The summed E-state index contributed by atoms with van der Waals surface area (Å²) in [7, 11) is 0. The summed E-state index contributed by atoms with van der Waals surface area (Å²) in [6, 6.07) is 13.8. The summed E-state index contributed by atoms with van der Waals surface area (Å²) in [4.78, 5) is 11.2. The summed E-state index contributed by atoms with van der Waals surface area (Å²) in [5.74, 6) is -0.911. The Hall–Kier alpha value is -2.39. The molecule has 1 N–H and O–H groups in total. The third kappa shape index (κ3) is 4.62. The zero-order chi connectivity index (χ0) is 21.2. The Morgan fingerprint density at radius 2 is 1.55 bits per heavy atom. The summed E-state index contributed by atoms with van der Waals surface area (Å²) < 4.78 is 5.70. The van der Waals surface area contributed by atoms with Crippen molar-refractivity contribution in [1.82, 2.24) is 0 Å². The third-order valence-corrected chi connectivity index (χ3v) is 6.18. The van der Waals surface area contributed by atoms with Gasteiger partial charge in [0.15, 0.2) is 0 Å². The van der Waals surface area contributed by atoms with E-state index in [9.17, 15) is 4.79 Å². The summed E-state index contributed by atoms with van der Waals surface area (Å²) in [5, 5.41) is 9.16. The molecule has 0 heterocycles. The van der Waals surface area contributed by atoms with Crippen LogP contribution in [0.4, 0.5) is 0 Å². The van der Waals surface area contributed by atoms with Crippen LogP contribution in [0.5, 0.6) is 0 Å². The first-order valence-electron chi connectivity index (χ1n) is 10.4. The molecule has 154 valence electrons. The standard InChI is InChI=1S/C26H32O3/c1-6-29-17-21(19-8-10-20(11-9-19)24(27)28)15-18-7-12-22-23(16-18)26(4,5)14-13-25(22,2)3/h7-12,15-16H,6,13-14,17H2,1-5H3,(H,27,28)/b21-15+. The summed E-state index contributed by atoms with van der Waals surface area (Å²) in [6.45, 7) is 12.4. The Morgan fingerprint density at radius 3 is 2.14 bits per heavy atom. The van der Waals surface area contributed by atoms with Crippen LogP contribution in [0.2, 0.25) is 0 Å². The lowest BCUT2D eigenvalue weighted by Gasteiger charge is -2.42. The second kappa shape index (κ2) is 8.16. The molecule has 3 nitrogen and oxygen atoms in total. The fraction of sp³-hybridized carbons (Fsp3) is 0.423. The number of rotatable bonds is 6. The summed E-state index contributed by atoms with van der Waals surface area (Å²) >= 11 is 0. The number of benzene rings is 2. The van der Waals surface area contributed by atoms with Gasteiger partial charge in [-0.15, -0.1) is 0 Å². The van der Waals surface area contributed by atoms with E-state index in [0.29, 0.717) is 18.8 Å². The van der Waals surface area contributed by atoms with E-state index >= 15 is 0 Å². The largest absolute Gasteiger partial charge is 0.478 e. The fourth-order valence-corrected chi connectivity index (χ4v) is 4.14. The van der Waals surface area contributed by atoms with Gasteiger partial charge in [0.2, 0.25) is 0 Å². The molecular formula is C26H32O3. The minimum atomic E-state index is -0.911. The van der Waals surface area contributed by atoms with Crippen LogP contribution in [-0.2, 0) is 15.6 Å². The van der Waals surface area contributed by atoms with Crippen LogP contribution in [0.15, 0.2) is 42.5 Å². The molecule has 1 aliphatic carbocycles. The molecule has 2 aromatic rings. The second-order valence-corrected chi connectivity index (χ2v) is 9.26. The highest BCUT2D eigenvalue weighted by Gasteiger charge is 2.36. The van der Waals surface area contributed by atoms with Gasteiger partial charge >= 0.3 is 5.97 Å². The molecule has 0 saturated carbocycles. The monoisotopic (exact) mass is 392 g/mol.